The van der Waals surface area contributed by atoms with Gasteiger partial charge < -0.3 is 7.80 Å². The average molecular weight is 449 g/mol. The maximum Gasteiger partial charge on any atom is 0.330 e. The first-order valence-corrected chi connectivity index (χ1v) is 9.41. The molecule has 2 atom stereocenters. The second-order valence-electron chi connectivity index (χ2n) is 6.71. The summed E-state index contributed by atoms with van der Waals surface area (Å²) < 4.78 is 12.8. The molecule has 2 aliphatic rings. The molecule has 3 rings (SSSR count). The minimum atomic E-state index is -0.421. The largest absolute Gasteiger partial charge is 0.349 e. The second-order valence-corrected chi connectivity index (χ2v) is 7.34. The van der Waals surface area contributed by atoms with Gasteiger partial charge in [0.2, 0.25) is 0 Å². The molecule has 0 aromatic carbocycles. The highest BCUT2D eigenvalue weighted by Gasteiger charge is 2.33. The van der Waals surface area contributed by atoms with Gasteiger partial charge in [0.05, 0.1) is 12.7 Å². The van der Waals surface area contributed by atoms with Crippen LogP contribution in [0.4, 0.5) is 0 Å². The normalized spacial score (nSPS) is 26.6. The summed E-state index contributed by atoms with van der Waals surface area (Å²) >= 11 is 1.87. The van der Waals surface area contributed by atoms with Gasteiger partial charge in [-0.25, -0.2) is 4.79 Å². The third-order valence-electron chi connectivity index (χ3n) is 4.97. The summed E-state index contributed by atoms with van der Waals surface area (Å²) in [5, 5.41) is 0. The van der Waals surface area contributed by atoms with Gasteiger partial charge in [-0.2, -0.15) is 0 Å². The number of halogens is 1. The lowest BCUT2D eigenvalue weighted by atomic mass is 9.93. The van der Waals surface area contributed by atoms with Crippen molar-refractivity contribution in [1.82, 2.24) is 14.5 Å². The van der Waals surface area contributed by atoms with Crippen LogP contribution in [0, 0.1) is 6.92 Å². The van der Waals surface area contributed by atoms with Gasteiger partial charge in [-0.15, -0.1) is 0 Å². The van der Waals surface area contributed by atoms with E-state index in [1.54, 1.807) is 13.1 Å². The van der Waals surface area contributed by atoms with Crippen LogP contribution in [0.25, 0.3) is 0 Å². The van der Waals surface area contributed by atoms with E-state index in [0.717, 1.165) is 6.54 Å². The molecule has 2 unspecified atom stereocenters. The van der Waals surface area contributed by atoms with Crippen LogP contribution in [0.3, 0.4) is 0 Å². The van der Waals surface area contributed by atoms with Crippen molar-refractivity contribution < 1.29 is 7.80 Å². The van der Waals surface area contributed by atoms with E-state index >= 15 is 0 Å². The van der Waals surface area contributed by atoms with E-state index in [1.807, 2.05) is 23.0 Å². The van der Waals surface area contributed by atoms with Crippen molar-refractivity contribution in [2.24, 2.45) is 0 Å². The van der Waals surface area contributed by atoms with Crippen molar-refractivity contribution in [2.45, 2.75) is 57.4 Å². The van der Waals surface area contributed by atoms with Crippen LogP contribution in [-0.4, -0.2) is 46.3 Å². The Kier molecular flexibility index (Phi) is 6.12. The molecule has 1 saturated carbocycles. The molecule has 0 bridgehead atoms. The standard InChI is InChI=1S/C16H24IN3O4/c1-11-7-20(16(22)18-15(11)21)14-9-19(8-13(24-14)10-23-17)12-5-3-2-4-6-12/h7,12-14H,2-6,8-10H2,1H3,(H,18,21,22). The van der Waals surface area contributed by atoms with E-state index in [1.165, 1.54) is 36.7 Å². The number of nitrogens with zero attached hydrogens (tertiary/aromatic N) is 2. The molecule has 0 amide bonds. The fourth-order valence-corrected chi connectivity index (χ4v) is 4.11. The Morgan fingerprint density at radius 3 is 2.75 bits per heavy atom. The summed E-state index contributed by atoms with van der Waals surface area (Å²) in [6, 6.07) is 0.543. The van der Waals surface area contributed by atoms with E-state index in [-0.39, 0.29) is 11.7 Å². The molecule has 1 N–H and O–H groups in total. The lowest BCUT2D eigenvalue weighted by molar-refractivity contribution is -0.141. The van der Waals surface area contributed by atoms with Gasteiger partial charge in [0.15, 0.2) is 6.23 Å². The van der Waals surface area contributed by atoms with Crippen molar-refractivity contribution in [2.75, 3.05) is 19.7 Å². The van der Waals surface area contributed by atoms with Crippen molar-refractivity contribution in [3.05, 3.63) is 32.6 Å². The van der Waals surface area contributed by atoms with Gasteiger partial charge in [0.25, 0.3) is 5.56 Å². The first-order chi connectivity index (χ1) is 11.6. The molecule has 0 spiro atoms. The molecule has 1 saturated heterocycles. The minimum absolute atomic E-state index is 0.0817. The Morgan fingerprint density at radius 1 is 1.29 bits per heavy atom. The van der Waals surface area contributed by atoms with Gasteiger partial charge in [0, 0.05) is 30.9 Å². The average Bonchev–Trinajstić information content (AvgIpc) is 2.59. The second kappa shape index (κ2) is 8.11. The topological polar surface area (TPSA) is 76.6 Å². The third-order valence-corrected chi connectivity index (χ3v) is 5.33. The number of nitrogens with one attached hydrogen (secondary N) is 1. The lowest BCUT2D eigenvalue weighted by Gasteiger charge is -2.43. The first-order valence-electron chi connectivity index (χ1n) is 8.53. The summed E-state index contributed by atoms with van der Waals surface area (Å²) in [6.07, 6.45) is 7.34. The van der Waals surface area contributed by atoms with E-state index in [0.29, 0.717) is 24.8 Å². The maximum absolute atomic E-state index is 12.2. The molecule has 1 aromatic heterocycles. The number of H-pyrrole nitrogens is 1. The maximum atomic E-state index is 12.2. The van der Waals surface area contributed by atoms with Crippen molar-refractivity contribution >= 4 is 23.0 Å². The van der Waals surface area contributed by atoms with E-state index in [2.05, 4.69) is 9.88 Å². The van der Waals surface area contributed by atoms with Crippen LogP contribution in [0.1, 0.15) is 43.9 Å². The van der Waals surface area contributed by atoms with Crippen LogP contribution in [-0.2, 0) is 7.80 Å². The summed E-state index contributed by atoms with van der Waals surface area (Å²) in [7, 11) is 0. The smallest absolute Gasteiger partial charge is 0.330 e. The number of aromatic amines is 1. The molecule has 134 valence electrons. The zero-order valence-corrected chi connectivity index (χ0v) is 16.0. The lowest BCUT2D eigenvalue weighted by Crippen LogP contribution is -2.53. The fraction of sp³-hybridized carbons (Fsp3) is 0.750. The molecule has 24 heavy (non-hydrogen) atoms. The minimum Gasteiger partial charge on any atom is -0.349 e. The van der Waals surface area contributed by atoms with Crippen LogP contribution in [0.5, 0.6) is 0 Å². The number of hydrogen-bond acceptors (Lipinski definition) is 5. The van der Waals surface area contributed by atoms with Crippen molar-refractivity contribution in [1.29, 1.82) is 0 Å². The quantitative estimate of drug-likeness (QED) is 0.709. The fourth-order valence-electron chi connectivity index (χ4n) is 3.71. The molecule has 8 heteroatoms. The molecule has 2 heterocycles. The van der Waals surface area contributed by atoms with Crippen LogP contribution in [0.2, 0.25) is 0 Å². The molecular weight excluding hydrogens is 425 g/mol. The van der Waals surface area contributed by atoms with E-state index in [9.17, 15) is 9.59 Å². The Balaban J connectivity index is 1.84. The molecule has 7 nitrogen and oxygen atoms in total. The molecular formula is C16H24IN3O4. The Morgan fingerprint density at radius 2 is 2.04 bits per heavy atom. The van der Waals surface area contributed by atoms with Gasteiger partial charge in [0.1, 0.15) is 23.0 Å². The van der Waals surface area contributed by atoms with Gasteiger partial charge >= 0.3 is 5.69 Å². The highest BCUT2D eigenvalue weighted by atomic mass is 127. The Labute approximate surface area is 155 Å². The molecule has 2 fully saturated rings. The van der Waals surface area contributed by atoms with E-state index in [4.69, 9.17) is 7.80 Å². The highest BCUT2D eigenvalue weighted by Crippen LogP contribution is 2.28. The predicted octanol–water partition coefficient (Wildman–Crippen LogP) is 1.74. The van der Waals surface area contributed by atoms with Crippen LogP contribution < -0.4 is 11.2 Å². The predicted molar refractivity (Wildman–Crippen MR) is 98.4 cm³/mol. The monoisotopic (exact) mass is 449 g/mol. The third kappa shape index (κ3) is 4.09. The number of hydrogen-bond donors (Lipinski definition) is 1. The van der Waals surface area contributed by atoms with Crippen molar-refractivity contribution in [3.63, 3.8) is 0 Å². The first kappa shape index (κ1) is 18.1. The Bertz CT molecular complexity index is 668. The zero-order valence-electron chi connectivity index (χ0n) is 13.9. The van der Waals surface area contributed by atoms with Crippen LogP contribution >= 0.6 is 23.0 Å². The summed E-state index contributed by atoms with van der Waals surface area (Å²) in [5.41, 5.74) is -0.256. The number of morpholine rings is 1. The number of aromatic nitrogens is 2. The highest BCUT2D eigenvalue weighted by molar-refractivity contribution is 14.1. The molecule has 0 radical (unpaired) electrons. The van der Waals surface area contributed by atoms with E-state index < -0.39 is 11.9 Å². The summed E-state index contributed by atoms with van der Waals surface area (Å²) in [4.78, 5) is 28.6. The molecule has 1 aromatic rings. The van der Waals surface area contributed by atoms with Crippen LogP contribution in [0.15, 0.2) is 15.8 Å². The summed E-state index contributed by atoms with van der Waals surface area (Å²) in [6.45, 7) is 3.66. The number of ether oxygens (including phenoxy) is 1. The number of aryl methyl sites for hydroxylation is 1. The van der Waals surface area contributed by atoms with Gasteiger partial charge in [-0.3, -0.25) is 19.2 Å². The Hall–Kier alpha value is -0.710. The molecule has 1 aliphatic carbocycles. The van der Waals surface area contributed by atoms with Crippen molar-refractivity contribution in [3.8, 4) is 0 Å². The summed E-state index contributed by atoms with van der Waals surface area (Å²) in [5.74, 6) is 0. The van der Waals surface area contributed by atoms with Gasteiger partial charge in [-0.05, 0) is 19.8 Å². The molecule has 1 aliphatic heterocycles. The number of rotatable bonds is 4. The zero-order chi connectivity index (χ0) is 17.1. The SMILES string of the molecule is Cc1cn(C2CN(C3CCCCC3)CC(COI)O2)c(=O)[nH]c1=O. The van der Waals surface area contributed by atoms with Gasteiger partial charge in [-0.1, -0.05) is 19.3 Å².